The molecule has 0 saturated carbocycles. The SMILES string of the molecule is CC(C)N=C(N)N1CC(=O)NC(=O)C1(C)C. The number of imide groups is 1. The van der Waals surface area contributed by atoms with Gasteiger partial charge in [-0.25, -0.2) is 0 Å². The topological polar surface area (TPSA) is 87.8 Å². The Kier molecular flexibility index (Phi) is 3.21. The van der Waals surface area contributed by atoms with Crippen LogP contribution in [0, 0.1) is 0 Å². The molecule has 1 saturated heterocycles. The minimum Gasteiger partial charge on any atom is -0.370 e. The van der Waals surface area contributed by atoms with Crippen LogP contribution in [0.2, 0.25) is 0 Å². The van der Waals surface area contributed by atoms with Gasteiger partial charge in [0.05, 0.1) is 0 Å². The molecule has 1 fully saturated rings. The highest BCUT2D eigenvalue weighted by Gasteiger charge is 2.41. The highest BCUT2D eigenvalue weighted by molar-refractivity contribution is 6.06. The Bertz CT molecular complexity index is 347. The number of aliphatic imine (C=N–C) groups is 1. The summed E-state index contributed by atoms with van der Waals surface area (Å²) < 4.78 is 0. The number of nitrogens with two attached hydrogens (primary N) is 1. The van der Waals surface area contributed by atoms with Crippen molar-refractivity contribution in [1.82, 2.24) is 10.2 Å². The van der Waals surface area contributed by atoms with Crippen molar-refractivity contribution in [3.8, 4) is 0 Å². The van der Waals surface area contributed by atoms with Gasteiger partial charge in [-0.3, -0.25) is 19.9 Å². The van der Waals surface area contributed by atoms with Gasteiger partial charge >= 0.3 is 0 Å². The lowest BCUT2D eigenvalue weighted by atomic mass is 9.99. The number of nitrogens with one attached hydrogen (secondary N) is 1. The summed E-state index contributed by atoms with van der Waals surface area (Å²) in [5.74, 6) is -0.486. The number of hydrogen-bond donors (Lipinski definition) is 2. The van der Waals surface area contributed by atoms with Gasteiger partial charge in [0.1, 0.15) is 12.1 Å². The van der Waals surface area contributed by atoms with E-state index in [0.717, 1.165) is 0 Å². The molecule has 2 amide bonds. The van der Waals surface area contributed by atoms with Crippen molar-refractivity contribution in [1.29, 1.82) is 0 Å². The predicted molar refractivity (Wildman–Crippen MR) is 60.7 cm³/mol. The number of guanidine groups is 1. The maximum Gasteiger partial charge on any atom is 0.252 e. The molecule has 3 N–H and O–H groups in total. The fraction of sp³-hybridized carbons (Fsp3) is 0.700. The van der Waals surface area contributed by atoms with Gasteiger partial charge in [0.2, 0.25) is 5.91 Å². The normalized spacial score (nSPS) is 21.3. The van der Waals surface area contributed by atoms with Gasteiger partial charge < -0.3 is 10.6 Å². The van der Waals surface area contributed by atoms with Crippen molar-refractivity contribution in [2.75, 3.05) is 6.54 Å². The van der Waals surface area contributed by atoms with Crippen molar-refractivity contribution >= 4 is 17.8 Å². The van der Waals surface area contributed by atoms with Crippen LogP contribution in [0.3, 0.4) is 0 Å². The van der Waals surface area contributed by atoms with Crippen LogP contribution in [0.1, 0.15) is 27.7 Å². The number of amides is 2. The van der Waals surface area contributed by atoms with Crippen LogP contribution in [0.4, 0.5) is 0 Å². The van der Waals surface area contributed by atoms with E-state index in [2.05, 4.69) is 10.3 Å². The summed E-state index contributed by atoms with van der Waals surface area (Å²) in [6.07, 6.45) is 0. The van der Waals surface area contributed by atoms with Gasteiger partial charge in [-0.15, -0.1) is 0 Å². The molecule has 6 nitrogen and oxygen atoms in total. The first-order chi connectivity index (χ1) is 7.25. The second-order valence-electron chi connectivity index (χ2n) is 4.60. The van der Waals surface area contributed by atoms with E-state index in [4.69, 9.17) is 5.73 Å². The molecule has 1 aliphatic heterocycles. The molecule has 0 bridgehead atoms. The number of piperazine rings is 1. The number of hydrogen-bond acceptors (Lipinski definition) is 3. The first-order valence-corrected chi connectivity index (χ1v) is 5.20. The predicted octanol–water partition coefficient (Wildman–Crippen LogP) is -0.553. The molecule has 1 rings (SSSR count). The third-order valence-corrected chi connectivity index (χ3v) is 2.45. The van der Waals surface area contributed by atoms with Crippen LogP contribution in [-0.2, 0) is 9.59 Å². The Morgan fingerprint density at radius 3 is 2.56 bits per heavy atom. The fourth-order valence-electron chi connectivity index (χ4n) is 1.48. The maximum absolute atomic E-state index is 11.6. The lowest BCUT2D eigenvalue weighted by molar-refractivity contribution is -0.141. The first-order valence-electron chi connectivity index (χ1n) is 5.20. The standard InChI is InChI=1S/C10H18N4O2/c1-6(2)12-9(11)14-5-7(15)13-8(16)10(14,3)4/h6H,5H2,1-4H3,(H2,11,12)(H,13,15,16). The number of carbonyl (C=O) groups is 2. The van der Waals surface area contributed by atoms with Gasteiger partial charge in [-0.05, 0) is 27.7 Å². The van der Waals surface area contributed by atoms with Gasteiger partial charge in [0.15, 0.2) is 5.96 Å². The molecule has 0 aromatic heterocycles. The zero-order chi connectivity index (χ0) is 12.5. The average Bonchev–Trinajstić information content (AvgIpc) is 2.10. The lowest BCUT2D eigenvalue weighted by Gasteiger charge is -2.40. The Morgan fingerprint density at radius 1 is 1.50 bits per heavy atom. The van der Waals surface area contributed by atoms with E-state index < -0.39 is 5.54 Å². The highest BCUT2D eigenvalue weighted by Crippen LogP contribution is 2.17. The fourth-order valence-corrected chi connectivity index (χ4v) is 1.48. The summed E-state index contributed by atoms with van der Waals surface area (Å²) in [7, 11) is 0. The minimum absolute atomic E-state index is 0.0240. The second kappa shape index (κ2) is 4.11. The number of nitrogens with zero attached hydrogens (tertiary/aromatic N) is 2. The molecule has 0 radical (unpaired) electrons. The Labute approximate surface area is 94.9 Å². The zero-order valence-corrected chi connectivity index (χ0v) is 10.1. The van der Waals surface area contributed by atoms with Crippen LogP contribution in [0.5, 0.6) is 0 Å². The molecule has 90 valence electrons. The number of rotatable bonds is 1. The molecular formula is C10H18N4O2. The maximum atomic E-state index is 11.6. The van der Waals surface area contributed by atoms with Crippen LogP contribution in [0.25, 0.3) is 0 Å². The molecule has 0 unspecified atom stereocenters. The van der Waals surface area contributed by atoms with Gasteiger partial charge in [-0.2, -0.15) is 0 Å². The summed E-state index contributed by atoms with van der Waals surface area (Å²) in [6, 6.07) is 0.0240. The molecular weight excluding hydrogens is 208 g/mol. The minimum atomic E-state index is -0.851. The van der Waals surface area contributed by atoms with E-state index in [1.807, 2.05) is 13.8 Å². The molecule has 0 spiro atoms. The average molecular weight is 226 g/mol. The lowest BCUT2D eigenvalue weighted by Crippen LogP contribution is -2.66. The van der Waals surface area contributed by atoms with E-state index in [1.165, 1.54) is 4.90 Å². The molecule has 0 atom stereocenters. The van der Waals surface area contributed by atoms with Crippen molar-refractivity contribution in [3.63, 3.8) is 0 Å². The molecule has 0 aliphatic carbocycles. The van der Waals surface area contributed by atoms with Gasteiger partial charge in [0, 0.05) is 6.04 Å². The van der Waals surface area contributed by atoms with Crippen LogP contribution < -0.4 is 11.1 Å². The summed E-state index contributed by atoms with van der Waals surface area (Å²) in [5.41, 5.74) is 4.94. The van der Waals surface area contributed by atoms with Crippen molar-refractivity contribution in [3.05, 3.63) is 0 Å². The zero-order valence-electron chi connectivity index (χ0n) is 10.1. The quantitative estimate of drug-likeness (QED) is 0.356. The number of carbonyl (C=O) groups excluding carboxylic acids is 2. The Balaban J connectivity index is 3.01. The van der Waals surface area contributed by atoms with E-state index in [1.54, 1.807) is 13.8 Å². The first kappa shape index (κ1) is 12.5. The summed E-state index contributed by atoms with van der Waals surface area (Å²) in [4.78, 5) is 28.6. The van der Waals surface area contributed by atoms with Crippen LogP contribution >= 0.6 is 0 Å². The molecule has 1 aliphatic rings. The highest BCUT2D eigenvalue weighted by atomic mass is 16.2. The van der Waals surface area contributed by atoms with Crippen molar-refractivity contribution in [2.45, 2.75) is 39.3 Å². The Hall–Kier alpha value is -1.59. The van der Waals surface area contributed by atoms with E-state index in [9.17, 15) is 9.59 Å². The van der Waals surface area contributed by atoms with Gasteiger partial charge in [-0.1, -0.05) is 0 Å². The van der Waals surface area contributed by atoms with E-state index in [0.29, 0.717) is 0 Å². The third-order valence-electron chi connectivity index (χ3n) is 2.45. The summed E-state index contributed by atoms with van der Waals surface area (Å²) in [6.45, 7) is 7.23. The van der Waals surface area contributed by atoms with Crippen LogP contribution in [0.15, 0.2) is 4.99 Å². The van der Waals surface area contributed by atoms with Crippen molar-refractivity contribution < 1.29 is 9.59 Å². The second-order valence-corrected chi connectivity index (χ2v) is 4.60. The molecule has 0 aromatic rings. The molecule has 1 heterocycles. The van der Waals surface area contributed by atoms with E-state index >= 15 is 0 Å². The molecule has 0 aromatic carbocycles. The Morgan fingerprint density at radius 2 is 2.06 bits per heavy atom. The largest absolute Gasteiger partial charge is 0.370 e. The van der Waals surface area contributed by atoms with Gasteiger partial charge in [0.25, 0.3) is 5.91 Å². The van der Waals surface area contributed by atoms with Crippen molar-refractivity contribution in [2.24, 2.45) is 10.7 Å². The molecule has 16 heavy (non-hydrogen) atoms. The smallest absolute Gasteiger partial charge is 0.252 e. The summed E-state index contributed by atoms with van der Waals surface area (Å²) >= 11 is 0. The summed E-state index contributed by atoms with van der Waals surface area (Å²) in [5, 5.41) is 2.28. The van der Waals surface area contributed by atoms with E-state index in [-0.39, 0.29) is 30.4 Å². The third kappa shape index (κ3) is 2.32. The van der Waals surface area contributed by atoms with Crippen LogP contribution in [-0.4, -0.2) is 40.8 Å². The monoisotopic (exact) mass is 226 g/mol. The molecule has 6 heteroatoms.